The van der Waals surface area contributed by atoms with Gasteiger partial charge in [-0.2, -0.15) is 0 Å². The first-order valence-corrected chi connectivity index (χ1v) is 5.35. The second kappa shape index (κ2) is 5.63. The average Bonchev–Trinajstić information content (AvgIpc) is 2.30. The number of nitrogens with one attached hydrogen (secondary N) is 1. The number of carbonyl (C=O) groups is 1. The van der Waals surface area contributed by atoms with Gasteiger partial charge in [0.1, 0.15) is 11.6 Å². The lowest BCUT2D eigenvalue weighted by Gasteiger charge is -2.16. The Morgan fingerprint density at radius 3 is 2.65 bits per heavy atom. The van der Waals surface area contributed by atoms with Gasteiger partial charge in [0, 0.05) is 6.07 Å². The Kier molecular flexibility index (Phi) is 4.45. The van der Waals surface area contributed by atoms with E-state index in [0.717, 1.165) is 0 Å². The Labute approximate surface area is 100.0 Å². The molecular formula is C12H17FN2O2. The fraction of sp³-hybridized carbons (Fsp3) is 0.417. The van der Waals surface area contributed by atoms with Gasteiger partial charge in [-0.05, 0) is 18.1 Å². The Balaban J connectivity index is 2.84. The van der Waals surface area contributed by atoms with E-state index >= 15 is 0 Å². The van der Waals surface area contributed by atoms with Crippen LogP contribution in [0.4, 0.5) is 10.1 Å². The van der Waals surface area contributed by atoms with Gasteiger partial charge in [0.25, 0.3) is 0 Å². The van der Waals surface area contributed by atoms with Gasteiger partial charge in [0.15, 0.2) is 0 Å². The minimum absolute atomic E-state index is 0.0105. The van der Waals surface area contributed by atoms with Crippen LogP contribution in [0.15, 0.2) is 18.2 Å². The number of benzene rings is 1. The van der Waals surface area contributed by atoms with Gasteiger partial charge in [0.2, 0.25) is 5.91 Å². The molecule has 0 radical (unpaired) electrons. The maximum Gasteiger partial charge on any atom is 0.241 e. The zero-order chi connectivity index (χ0) is 13.0. The minimum atomic E-state index is -0.666. The lowest BCUT2D eigenvalue weighted by Crippen LogP contribution is -2.39. The van der Waals surface area contributed by atoms with E-state index in [0.29, 0.717) is 5.75 Å². The second-order valence-electron chi connectivity index (χ2n) is 4.10. The monoisotopic (exact) mass is 240 g/mol. The highest BCUT2D eigenvalue weighted by Crippen LogP contribution is 2.21. The molecule has 0 heterocycles. The molecule has 0 aromatic heterocycles. The van der Waals surface area contributed by atoms with Gasteiger partial charge in [-0.15, -0.1) is 0 Å². The van der Waals surface area contributed by atoms with Crippen LogP contribution in [0.2, 0.25) is 0 Å². The third kappa shape index (κ3) is 3.42. The summed E-state index contributed by atoms with van der Waals surface area (Å²) in [6, 6.07) is 3.46. The molecule has 94 valence electrons. The lowest BCUT2D eigenvalue weighted by atomic mass is 10.0. The Bertz CT molecular complexity index is 407. The molecule has 3 N–H and O–H groups in total. The Morgan fingerprint density at radius 2 is 2.12 bits per heavy atom. The van der Waals surface area contributed by atoms with E-state index < -0.39 is 17.8 Å². The molecule has 17 heavy (non-hydrogen) atoms. The maximum absolute atomic E-state index is 13.4. The Hall–Kier alpha value is -1.62. The van der Waals surface area contributed by atoms with E-state index in [1.165, 1.54) is 25.3 Å². The number of halogens is 1. The second-order valence-corrected chi connectivity index (χ2v) is 4.10. The van der Waals surface area contributed by atoms with Crippen LogP contribution < -0.4 is 15.8 Å². The van der Waals surface area contributed by atoms with Gasteiger partial charge < -0.3 is 15.8 Å². The molecule has 1 rings (SSSR count). The largest absolute Gasteiger partial charge is 0.497 e. The Morgan fingerprint density at radius 1 is 1.47 bits per heavy atom. The van der Waals surface area contributed by atoms with Crippen molar-refractivity contribution in [2.24, 2.45) is 11.7 Å². The number of rotatable bonds is 4. The fourth-order valence-electron chi connectivity index (χ4n) is 1.25. The highest BCUT2D eigenvalue weighted by Gasteiger charge is 2.18. The first kappa shape index (κ1) is 13.4. The van der Waals surface area contributed by atoms with Gasteiger partial charge in [0.05, 0.1) is 18.8 Å². The number of ether oxygens (including phenoxy) is 1. The molecule has 0 saturated carbocycles. The summed E-state index contributed by atoms with van der Waals surface area (Å²) in [6.07, 6.45) is 0. The van der Waals surface area contributed by atoms with Crippen LogP contribution in [0.3, 0.4) is 0 Å². The molecule has 5 heteroatoms. The minimum Gasteiger partial charge on any atom is -0.497 e. The number of methoxy groups -OCH3 is 1. The summed E-state index contributed by atoms with van der Waals surface area (Å²) in [6.45, 7) is 3.65. The molecule has 1 amide bonds. The lowest BCUT2D eigenvalue weighted by molar-refractivity contribution is -0.118. The van der Waals surface area contributed by atoms with Crippen LogP contribution in [0.1, 0.15) is 13.8 Å². The number of anilines is 1. The number of carbonyl (C=O) groups excluding carboxylic acids is 1. The SMILES string of the molecule is COc1ccc(F)c(NC(=O)C(N)C(C)C)c1. The summed E-state index contributed by atoms with van der Waals surface area (Å²) < 4.78 is 18.4. The van der Waals surface area contributed by atoms with Crippen LogP contribution in [-0.2, 0) is 4.79 Å². The topological polar surface area (TPSA) is 64.3 Å². The van der Waals surface area contributed by atoms with E-state index in [1.54, 1.807) is 0 Å². The standard InChI is InChI=1S/C12H17FN2O2/c1-7(2)11(14)12(16)15-10-6-8(17-3)4-5-9(10)13/h4-7,11H,14H2,1-3H3,(H,15,16). The zero-order valence-electron chi connectivity index (χ0n) is 10.2. The summed E-state index contributed by atoms with van der Waals surface area (Å²) in [4.78, 5) is 11.7. The smallest absolute Gasteiger partial charge is 0.241 e. The third-order valence-electron chi connectivity index (χ3n) is 2.45. The van der Waals surface area contributed by atoms with Gasteiger partial charge >= 0.3 is 0 Å². The van der Waals surface area contributed by atoms with Crippen molar-refractivity contribution in [1.82, 2.24) is 0 Å². The van der Waals surface area contributed by atoms with Crippen molar-refractivity contribution >= 4 is 11.6 Å². The van der Waals surface area contributed by atoms with Crippen molar-refractivity contribution in [2.45, 2.75) is 19.9 Å². The van der Waals surface area contributed by atoms with E-state index in [-0.39, 0.29) is 11.6 Å². The molecule has 1 unspecified atom stereocenters. The van der Waals surface area contributed by atoms with Crippen LogP contribution in [0.5, 0.6) is 5.75 Å². The van der Waals surface area contributed by atoms with E-state index in [9.17, 15) is 9.18 Å². The van der Waals surface area contributed by atoms with Crippen molar-refractivity contribution < 1.29 is 13.9 Å². The van der Waals surface area contributed by atoms with Crippen molar-refractivity contribution in [3.05, 3.63) is 24.0 Å². The predicted octanol–water partition coefficient (Wildman–Crippen LogP) is 1.76. The first-order chi connectivity index (χ1) is 7.95. The average molecular weight is 240 g/mol. The summed E-state index contributed by atoms with van der Waals surface area (Å²) in [5.41, 5.74) is 5.74. The quantitative estimate of drug-likeness (QED) is 0.842. The van der Waals surface area contributed by atoms with Crippen molar-refractivity contribution in [2.75, 3.05) is 12.4 Å². The van der Waals surface area contributed by atoms with E-state index in [4.69, 9.17) is 10.5 Å². The fourth-order valence-corrected chi connectivity index (χ4v) is 1.25. The number of hydrogen-bond donors (Lipinski definition) is 2. The van der Waals surface area contributed by atoms with Gasteiger partial charge in [-0.1, -0.05) is 13.8 Å². The molecule has 0 saturated heterocycles. The number of nitrogens with two attached hydrogens (primary N) is 1. The van der Waals surface area contributed by atoms with Crippen molar-refractivity contribution in [3.8, 4) is 5.75 Å². The predicted molar refractivity (Wildman–Crippen MR) is 64.4 cm³/mol. The van der Waals surface area contributed by atoms with Gasteiger partial charge in [-0.25, -0.2) is 4.39 Å². The maximum atomic E-state index is 13.4. The van der Waals surface area contributed by atoms with E-state index in [2.05, 4.69) is 5.32 Å². The zero-order valence-corrected chi connectivity index (χ0v) is 10.2. The molecule has 1 atom stereocenters. The van der Waals surface area contributed by atoms with Crippen LogP contribution >= 0.6 is 0 Å². The number of amides is 1. The molecule has 0 bridgehead atoms. The van der Waals surface area contributed by atoms with Crippen LogP contribution in [-0.4, -0.2) is 19.1 Å². The molecule has 4 nitrogen and oxygen atoms in total. The molecule has 1 aromatic carbocycles. The molecule has 0 aliphatic rings. The summed E-state index contributed by atoms with van der Waals surface area (Å²) >= 11 is 0. The van der Waals surface area contributed by atoms with Crippen LogP contribution in [0.25, 0.3) is 0 Å². The highest BCUT2D eigenvalue weighted by atomic mass is 19.1. The molecule has 0 aliphatic heterocycles. The summed E-state index contributed by atoms with van der Waals surface area (Å²) in [7, 11) is 1.47. The van der Waals surface area contributed by atoms with Crippen molar-refractivity contribution in [1.29, 1.82) is 0 Å². The molecule has 0 fully saturated rings. The van der Waals surface area contributed by atoms with Crippen molar-refractivity contribution in [3.63, 3.8) is 0 Å². The van der Waals surface area contributed by atoms with Crippen LogP contribution in [0, 0.1) is 11.7 Å². The molecular weight excluding hydrogens is 223 g/mol. The first-order valence-electron chi connectivity index (χ1n) is 5.35. The molecule has 0 spiro atoms. The van der Waals surface area contributed by atoms with Gasteiger partial charge in [-0.3, -0.25) is 4.79 Å². The molecule has 0 aliphatic carbocycles. The van der Waals surface area contributed by atoms with E-state index in [1.807, 2.05) is 13.8 Å². The normalized spacial score (nSPS) is 12.4. The highest BCUT2D eigenvalue weighted by molar-refractivity contribution is 5.95. The summed E-state index contributed by atoms with van der Waals surface area (Å²) in [5.74, 6) is -0.467. The third-order valence-corrected chi connectivity index (χ3v) is 2.45. The number of hydrogen-bond acceptors (Lipinski definition) is 3. The molecule has 1 aromatic rings. The summed E-state index contributed by atoms with van der Waals surface area (Å²) in [5, 5.41) is 2.45.